The summed E-state index contributed by atoms with van der Waals surface area (Å²) >= 11 is 0. The monoisotopic (exact) mass is 360 g/mol. The highest BCUT2D eigenvalue weighted by Crippen LogP contribution is 2.26. The first-order valence-electron chi connectivity index (χ1n) is 9.23. The first-order chi connectivity index (χ1) is 12.3. The second kappa shape index (κ2) is 7.13. The van der Waals surface area contributed by atoms with Crippen LogP contribution in [-0.2, 0) is 29.6 Å². The topological polar surface area (TPSA) is 65.9 Å². The highest BCUT2D eigenvalue weighted by Gasteiger charge is 2.33. The first kappa shape index (κ1) is 18.5. The fourth-order valence-electron chi connectivity index (χ4n) is 3.99. The molecule has 2 aliphatic heterocycles. The number of amides is 3. The average molecular weight is 360 g/mol. The molecular formula is C19H28N4O3. The minimum absolute atomic E-state index is 0.0239. The van der Waals surface area contributed by atoms with Gasteiger partial charge in [-0.1, -0.05) is 0 Å². The highest BCUT2D eigenvalue weighted by atomic mass is 16.2. The molecule has 0 aromatic carbocycles. The van der Waals surface area contributed by atoms with E-state index in [2.05, 4.69) is 0 Å². The third-order valence-corrected chi connectivity index (χ3v) is 5.59. The van der Waals surface area contributed by atoms with Crippen LogP contribution in [0.3, 0.4) is 0 Å². The fourth-order valence-corrected chi connectivity index (χ4v) is 3.99. The average Bonchev–Trinajstić information content (AvgIpc) is 2.96. The van der Waals surface area contributed by atoms with Crippen LogP contribution in [0.15, 0.2) is 6.07 Å². The van der Waals surface area contributed by atoms with E-state index in [1.807, 2.05) is 22.6 Å². The van der Waals surface area contributed by atoms with E-state index < -0.39 is 0 Å². The van der Waals surface area contributed by atoms with Gasteiger partial charge in [-0.15, -0.1) is 0 Å². The maximum atomic E-state index is 13.0. The summed E-state index contributed by atoms with van der Waals surface area (Å²) in [6.45, 7) is 4.03. The van der Waals surface area contributed by atoms with Gasteiger partial charge in [-0.3, -0.25) is 14.4 Å². The van der Waals surface area contributed by atoms with E-state index in [-0.39, 0.29) is 23.6 Å². The Labute approximate surface area is 154 Å². The Balaban J connectivity index is 1.75. The smallest absolute Gasteiger partial charge is 0.269 e. The van der Waals surface area contributed by atoms with Gasteiger partial charge in [0, 0.05) is 53.4 Å². The summed E-state index contributed by atoms with van der Waals surface area (Å²) < 4.78 is 1.92. The van der Waals surface area contributed by atoms with Crippen molar-refractivity contribution < 1.29 is 14.4 Å². The zero-order valence-electron chi connectivity index (χ0n) is 16.1. The van der Waals surface area contributed by atoms with E-state index in [4.69, 9.17) is 0 Å². The van der Waals surface area contributed by atoms with Crippen LogP contribution in [0.5, 0.6) is 0 Å². The molecule has 1 saturated heterocycles. The minimum Gasteiger partial charge on any atom is -0.343 e. The Bertz CT molecular complexity index is 737. The fraction of sp³-hybridized carbons (Fsp3) is 0.632. The van der Waals surface area contributed by atoms with E-state index >= 15 is 0 Å². The molecule has 0 aliphatic carbocycles. The molecule has 26 heavy (non-hydrogen) atoms. The Morgan fingerprint density at radius 2 is 1.88 bits per heavy atom. The van der Waals surface area contributed by atoms with E-state index in [1.165, 1.54) is 0 Å². The maximum absolute atomic E-state index is 13.0. The number of aromatic nitrogens is 1. The standard InChI is InChI=1S/C19H28N4O3/c1-13(24)22-8-5-6-15(11-22)18(25)23-9-7-14-10-16(19(26)20(2)3)21(4)17(14)12-23/h10,15H,5-9,11-12H2,1-4H3. The molecule has 1 aromatic heterocycles. The predicted octanol–water partition coefficient (Wildman–Crippen LogP) is 0.870. The Hall–Kier alpha value is -2.31. The van der Waals surface area contributed by atoms with Gasteiger partial charge in [0.15, 0.2) is 0 Å². The summed E-state index contributed by atoms with van der Waals surface area (Å²) in [4.78, 5) is 42.2. The van der Waals surface area contributed by atoms with Gasteiger partial charge in [0.05, 0.1) is 12.5 Å². The molecule has 1 aromatic rings. The molecule has 1 fully saturated rings. The lowest BCUT2D eigenvalue weighted by Gasteiger charge is -2.36. The van der Waals surface area contributed by atoms with E-state index in [1.54, 1.807) is 30.8 Å². The molecule has 142 valence electrons. The number of carbonyl (C=O) groups is 3. The summed E-state index contributed by atoms with van der Waals surface area (Å²) in [6, 6.07) is 1.96. The highest BCUT2D eigenvalue weighted by molar-refractivity contribution is 5.93. The summed E-state index contributed by atoms with van der Waals surface area (Å²) in [7, 11) is 5.38. The molecule has 3 amide bonds. The molecule has 2 aliphatic rings. The summed E-state index contributed by atoms with van der Waals surface area (Å²) in [5.74, 6) is 0.0301. The zero-order valence-corrected chi connectivity index (χ0v) is 16.1. The summed E-state index contributed by atoms with van der Waals surface area (Å²) in [5, 5.41) is 0. The molecule has 3 heterocycles. The molecule has 0 N–H and O–H groups in total. The molecule has 7 heteroatoms. The van der Waals surface area contributed by atoms with E-state index in [9.17, 15) is 14.4 Å². The van der Waals surface area contributed by atoms with E-state index in [0.29, 0.717) is 25.3 Å². The number of hydrogen-bond donors (Lipinski definition) is 0. The van der Waals surface area contributed by atoms with Crippen LogP contribution in [0, 0.1) is 5.92 Å². The molecule has 0 saturated carbocycles. The van der Waals surface area contributed by atoms with Crippen LogP contribution in [0.1, 0.15) is 41.5 Å². The van der Waals surface area contributed by atoms with Crippen molar-refractivity contribution >= 4 is 17.7 Å². The first-order valence-corrected chi connectivity index (χ1v) is 9.23. The molecule has 7 nitrogen and oxygen atoms in total. The summed E-state index contributed by atoms with van der Waals surface area (Å²) in [6.07, 6.45) is 2.48. The van der Waals surface area contributed by atoms with Crippen LogP contribution < -0.4 is 0 Å². The number of rotatable bonds is 2. The predicted molar refractivity (Wildman–Crippen MR) is 97.5 cm³/mol. The van der Waals surface area contributed by atoms with Gasteiger partial charge < -0.3 is 19.3 Å². The van der Waals surface area contributed by atoms with Gasteiger partial charge in [0.1, 0.15) is 5.69 Å². The number of fused-ring (bicyclic) bond motifs is 1. The van der Waals surface area contributed by atoms with Crippen molar-refractivity contribution in [2.75, 3.05) is 33.7 Å². The van der Waals surface area contributed by atoms with Crippen LogP contribution in [0.2, 0.25) is 0 Å². The van der Waals surface area contributed by atoms with Crippen LogP contribution in [-0.4, -0.2) is 70.7 Å². The lowest BCUT2D eigenvalue weighted by atomic mass is 9.95. The third kappa shape index (κ3) is 3.34. The van der Waals surface area contributed by atoms with Crippen molar-refractivity contribution in [2.45, 2.75) is 32.7 Å². The molecule has 0 radical (unpaired) electrons. The zero-order chi connectivity index (χ0) is 19.0. The largest absolute Gasteiger partial charge is 0.343 e. The molecule has 1 unspecified atom stereocenters. The quantitative estimate of drug-likeness (QED) is 0.786. The molecule has 0 spiro atoms. The van der Waals surface area contributed by atoms with Crippen LogP contribution >= 0.6 is 0 Å². The van der Waals surface area contributed by atoms with Gasteiger partial charge in [-0.2, -0.15) is 0 Å². The van der Waals surface area contributed by atoms with E-state index in [0.717, 1.165) is 37.1 Å². The minimum atomic E-state index is -0.114. The number of nitrogens with zero attached hydrogens (tertiary/aromatic N) is 4. The van der Waals surface area contributed by atoms with Gasteiger partial charge in [0.2, 0.25) is 11.8 Å². The molecule has 3 rings (SSSR count). The normalized spacial score (nSPS) is 19.9. The lowest BCUT2D eigenvalue weighted by Crippen LogP contribution is -2.47. The lowest BCUT2D eigenvalue weighted by molar-refractivity contribution is -0.141. The molecule has 1 atom stereocenters. The van der Waals surface area contributed by atoms with Crippen LogP contribution in [0.4, 0.5) is 0 Å². The number of likely N-dealkylation sites (tertiary alicyclic amines) is 1. The van der Waals surface area contributed by atoms with Crippen molar-refractivity contribution in [1.29, 1.82) is 0 Å². The van der Waals surface area contributed by atoms with Gasteiger partial charge in [-0.05, 0) is 30.9 Å². The third-order valence-electron chi connectivity index (χ3n) is 5.59. The SMILES string of the molecule is CC(=O)N1CCCC(C(=O)N2CCc3cc(C(=O)N(C)C)n(C)c3C2)C1. The Morgan fingerprint density at radius 1 is 1.15 bits per heavy atom. The van der Waals surface area contributed by atoms with Crippen molar-refractivity contribution in [3.63, 3.8) is 0 Å². The Morgan fingerprint density at radius 3 is 2.54 bits per heavy atom. The van der Waals surface area contributed by atoms with Crippen LogP contribution in [0.25, 0.3) is 0 Å². The molecule has 0 bridgehead atoms. The van der Waals surface area contributed by atoms with Gasteiger partial charge >= 0.3 is 0 Å². The second-order valence-corrected chi connectivity index (χ2v) is 7.57. The van der Waals surface area contributed by atoms with Crippen molar-refractivity contribution in [2.24, 2.45) is 13.0 Å². The maximum Gasteiger partial charge on any atom is 0.269 e. The van der Waals surface area contributed by atoms with Gasteiger partial charge in [-0.25, -0.2) is 0 Å². The van der Waals surface area contributed by atoms with Crippen molar-refractivity contribution in [3.8, 4) is 0 Å². The van der Waals surface area contributed by atoms with Gasteiger partial charge in [0.25, 0.3) is 5.91 Å². The number of hydrogen-bond acceptors (Lipinski definition) is 3. The Kier molecular flexibility index (Phi) is 5.07. The van der Waals surface area contributed by atoms with Crippen molar-refractivity contribution in [1.82, 2.24) is 19.3 Å². The number of piperidine rings is 1. The van der Waals surface area contributed by atoms with Crippen molar-refractivity contribution in [3.05, 3.63) is 23.0 Å². The second-order valence-electron chi connectivity index (χ2n) is 7.57. The molecular weight excluding hydrogens is 332 g/mol. The number of carbonyl (C=O) groups excluding carboxylic acids is 3. The summed E-state index contributed by atoms with van der Waals surface area (Å²) in [5.41, 5.74) is 2.85.